The van der Waals surface area contributed by atoms with Crippen molar-refractivity contribution in [1.29, 1.82) is 0 Å². The SMILES string of the molecule is CCC1(C(C)C)CN(C)N(C)C1. The second kappa shape index (κ2) is 3.35. The summed E-state index contributed by atoms with van der Waals surface area (Å²) < 4.78 is 0. The van der Waals surface area contributed by atoms with E-state index in [9.17, 15) is 0 Å². The Kier molecular flexibility index (Phi) is 2.79. The molecule has 2 heteroatoms. The third-order valence-electron chi connectivity index (χ3n) is 3.60. The summed E-state index contributed by atoms with van der Waals surface area (Å²) in [5, 5.41) is 4.67. The average molecular weight is 170 g/mol. The minimum Gasteiger partial charge on any atom is -0.244 e. The van der Waals surface area contributed by atoms with Crippen molar-refractivity contribution in [2.24, 2.45) is 11.3 Å². The van der Waals surface area contributed by atoms with Gasteiger partial charge < -0.3 is 0 Å². The zero-order chi connectivity index (χ0) is 9.35. The summed E-state index contributed by atoms with van der Waals surface area (Å²) in [5.74, 6) is 0.787. The van der Waals surface area contributed by atoms with E-state index in [1.807, 2.05) is 0 Å². The number of hydrogen-bond acceptors (Lipinski definition) is 2. The van der Waals surface area contributed by atoms with E-state index in [1.165, 1.54) is 19.5 Å². The van der Waals surface area contributed by atoms with Crippen molar-refractivity contribution in [2.45, 2.75) is 27.2 Å². The topological polar surface area (TPSA) is 6.48 Å². The van der Waals surface area contributed by atoms with Crippen molar-refractivity contribution in [3.05, 3.63) is 0 Å². The van der Waals surface area contributed by atoms with Crippen LogP contribution in [-0.2, 0) is 0 Å². The van der Waals surface area contributed by atoms with Gasteiger partial charge in [-0.15, -0.1) is 0 Å². The van der Waals surface area contributed by atoms with Crippen LogP contribution in [-0.4, -0.2) is 37.2 Å². The molecular weight excluding hydrogens is 148 g/mol. The van der Waals surface area contributed by atoms with Crippen molar-refractivity contribution < 1.29 is 0 Å². The maximum Gasteiger partial charge on any atom is 0.0201 e. The fraction of sp³-hybridized carbons (Fsp3) is 1.00. The maximum absolute atomic E-state index is 2.34. The van der Waals surface area contributed by atoms with Crippen LogP contribution in [0.4, 0.5) is 0 Å². The van der Waals surface area contributed by atoms with Gasteiger partial charge in [-0.3, -0.25) is 0 Å². The van der Waals surface area contributed by atoms with Crippen molar-refractivity contribution in [3.8, 4) is 0 Å². The van der Waals surface area contributed by atoms with Crippen LogP contribution >= 0.6 is 0 Å². The molecule has 1 fully saturated rings. The van der Waals surface area contributed by atoms with Crippen LogP contribution in [0, 0.1) is 11.3 Å². The van der Waals surface area contributed by atoms with Crippen LogP contribution < -0.4 is 0 Å². The minimum absolute atomic E-state index is 0.531. The molecule has 12 heavy (non-hydrogen) atoms. The Hall–Kier alpha value is -0.0800. The fourth-order valence-corrected chi connectivity index (χ4v) is 2.20. The Labute approximate surface area is 76.5 Å². The Morgan fingerprint density at radius 2 is 1.58 bits per heavy atom. The molecule has 72 valence electrons. The van der Waals surface area contributed by atoms with Crippen LogP contribution in [0.15, 0.2) is 0 Å². The highest BCUT2D eigenvalue weighted by atomic mass is 15.6. The highest BCUT2D eigenvalue weighted by Crippen LogP contribution is 2.37. The molecule has 0 aromatic rings. The zero-order valence-electron chi connectivity index (χ0n) is 9.09. The molecule has 0 bridgehead atoms. The van der Waals surface area contributed by atoms with Gasteiger partial charge >= 0.3 is 0 Å². The lowest BCUT2D eigenvalue weighted by atomic mass is 9.76. The monoisotopic (exact) mass is 170 g/mol. The summed E-state index contributed by atoms with van der Waals surface area (Å²) in [6, 6.07) is 0. The van der Waals surface area contributed by atoms with Gasteiger partial charge in [0.05, 0.1) is 0 Å². The van der Waals surface area contributed by atoms with E-state index in [1.54, 1.807) is 0 Å². The number of hydrogen-bond donors (Lipinski definition) is 0. The van der Waals surface area contributed by atoms with Gasteiger partial charge in [-0.2, -0.15) is 0 Å². The largest absolute Gasteiger partial charge is 0.244 e. The molecule has 0 N–H and O–H groups in total. The maximum atomic E-state index is 2.34. The summed E-state index contributed by atoms with van der Waals surface area (Å²) in [7, 11) is 4.36. The molecule has 0 aliphatic carbocycles. The predicted molar refractivity (Wildman–Crippen MR) is 52.8 cm³/mol. The van der Waals surface area contributed by atoms with E-state index >= 15 is 0 Å². The lowest BCUT2D eigenvalue weighted by Gasteiger charge is -2.30. The van der Waals surface area contributed by atoms with Crippen molar-refractivity contribution in [1.82, 2.24) is 10.0 Å². The van der Waals surface area contributed by atoms with E-state index in [2.05, 4.69) is 44.9 Å². The predicted octanol–water partition coefficient (Wildman–Crippen LogP) is 1.83. The molecule has 0 saturated carbocycles. The van der Waals surface area contributed by atoms with Crippen LogP contribution in [0.5, 0.6) is 0 Å². The van der Waals surface area contributed by atoms with Crippen LogP contribution in [0.2, 0.25) is 0 Å². The molecule has 0 unspecified atom stereocenters. The second-order valence-electron chi connectivity index (χ2n) is 4.50. The third kappa shape index (κ3) is 1.50. The van der Waals surface area contributed by atoms with Crippen molar-refractivity contribution in [2.75, 3.05) is 27.2 Å². The van der Waals surface area contributed by atoms with E-state index in [4.69, 9.17) is 0 Å². The minimum atomic E-state index is 0.531. The van der Waals surface area contributed by atoms with Gasteiger partial charge in [0, 0.05) is 32.6 Å². The molecule has 0 amide bonds. The molecule has 1 heterocycles. The Balaban J connectivity index is 2.71. The number of nitrogens with zero attached hydrogens (tertiary/aromatic N) is 2. The lowest BCUT2D eigenvalue weighted by Crippen LogP contribution is -2.32. The van der Waals surface area contributed by atoms with Gasteiger partial charge in [-0.05, 0) is 12.3 Å². The zero-order valence-corrected chi connectivity index (χ0v) is 9.09. The van der Waals surface area contributed by atoms with Crippen molar-refractivity contribution in [3.63, 3.8) is 0 Å². The highest BCUT2D eigenvalue weighted by Gasteiger charge is 2.40. The van der Waals surface area contributed by atoms with E-state index < -0.39 is 0 Å². The van der Waals surface area contributed by atoms with Gasteiger partial charge in [-0.1, -0.05) is 20.8 Å². The van der Waals surface area contributed by atoms with Crippen LogP contribution in [0.25, 0.3) is 0 Å². The van der Waals surface area contributed by atoms with Gasteiger partial charge in [-0.25, -0.2) is 10.0 Å². The molecule has 0 aromatic heterocycles. The van der Waals surface area contributed by atoms with E-state index in [0.717, 1.165) is 5.92 Å². The Morgan fingerprint density at radius 3 is 1.75 bits per heavy atom. The van der Waals surface area contributed by atoms with E-state index in [0.29, 0.717) is 5.41 Å². The van der Waals surface area contributed by atoms with Gasteiger partial charge in [0.2, 0.25) is 0 Å². The summed E-state index contributed by atoms with van der Waals surface area (Å²) >= 11 is 0. The third-order valence-corrected chi connectivity index (χ3v) is 3.60. The normalized spacial score (nSPS) is 25.5. The van der Waals surface area contributed by atoms with Gasteiger partial charge in [0.1, 0.15) is 0 Å². The van der Waals surface area contributed by atoms with Crippen LogP contribution in [0.3, 0.4) is 0 Å². The molecule has 0 spiro atoms. The summed E-state index contributed by atoms with van der Waals surface area (Å²) in [6.45, 7) is 9.44. The molecule has 1 aliphatic heterocycles. The molecule has 1 rings (SSSR count). The molecule has 0 radical (unpaired) electrons. The van der Waals surface area contributed by atoms with Gasteiger partial charge in [0.25, 0.3) is 0 Å². The molecule has 2 nitrogen and oxygen atoms in total. The summed E-state index contributed by atoms with van der Waals surface area (Å²) in [4.78, 5) is 0. The number of rotatable bonds is 2. The molecule has 0 atom stereocenters. The molecule has 1 aliphatic rings. The first-order valence-electron chi connectivity index (χ1n) is 4.94. The standard InChI is InChI=1S/C10H22N2/c1-6-10(9(2)3)7-11(4)12(5)8-10/h9H,6-8H2,1-5H3. The second-order valence-corrected chi connectivity index (χ2v) is 4.50. The van der Waals surface area contributed by atoms with Crippen molar-refractivity contribution >= 4 is 0 Å². The first-order chi connectivity index (χ1) is 5.52. The molecule has 0 aromatic carbocycles. The van der Waals surface area contributed by atoms with E-state index in [-0.39, 0.29) is 0 Å². The highest BCUT2D eigenvalue weighted by molar-refractivity contribution is 4.90. The first-order valence-corrected chi connectivity index (χ1v) is 4.94. The van der Waals surface area contributed by atoms with Gasteiger partial charge in [0.15, 0.2) is 0 Å². The average Bonchev–Trinajstić information content (AvgIpc) is 2.29. The summed E-state index contributed by atoms with van der Waals surface area (Å²) in [6.07, 6.45) is 1.29. The quantitative estimate of drug-likeness (QED) is 0.624. The molecular formula is C10H22N2. The fourth-order valence-electron chi connectivity index (χ4n) is 2.20. The summed E-state index contributed by atoms with van der Waals surface area (Å²) in [5.41, 5.74) is 0.531. The Morgan fingerprint density at radius 1 is 1.17 bits per heavy atom. The first kappa shape index (κ1) is 10.0. The Bertz CT molecular complexity index is 144. The van der Waals surface area contributed by atoms with Crippen LogP contribution in [0.1, 0.15) is 27.2 Å². The number of hydrazine groups is 1. The smallest absolute Gasteiger partial charge is 0.0201 e. The lowest BCUT2D eigenvalue weighted by molar-refractivity contribution is 0.0894. The molecule has 1 saturated heterocycles.